The van der Waals surface area contributed by atoms with E-state index in [0.717, 1.165) is 22.9 Å². The van der Waals surface area contributed by atoms with E-state index in [1.807, 2.05) is 6.07 Å². The number of benzene rings is 2. The smallest absolute Gasteiger partial charge is 0.261 e. The zero-order valence-corrected chi connectivity index (χ0v) is 17.3. The summed E-state index contributed by atoms with van der Waals surface area (Å²) in [6.45, 7) is 2.37. The monoisotopic (exact) mass is 439 g/mol. The number of carbonyl (C=O) groups excluding carboxylic acids is 1. The van der Waals surface area contributed by atoms with E-state index in [1.54, 1.807) is 12.1 Å². The summed E-state index contributed by atoms with van der Waals surface area (Å²) < 4.78 is 2.34. The summed E-state index contributed by atoms with van der Waals surface area (Å²) in [5.74, 6) is 0.466. The van der Waals surface area contributed by atoms with Crippen LogP contribution in [0.5, 0.6) is 0 Å². The molecule has 1 atom stereocenters. The minimum atomic E-state index is -0.128. The summed E-state index contributed by atoms with van der Waals surface area (Å²) >= 11 is 3.39. The molecule has 1 aromatic heterocycles. The van der Waals surface area contributed by atoms with Crippen LogP contribution in [0.1, 0.15) is 36.4 Å². The van der Waals surface area contributed by atoms with E-state index in [2.05, 4.69) is 57.4 Å². The van der Waals surface area contributed by atoms with Gasteiger partial charge in [-0.1, -0.05) is 45.8 Å². The molecule has 0 bridgehead atoms. The summed E-state index contributed by atoms with van der Waals surface area (Å²) in [5, 5.41) is 3.72. The maximum atomic E-state index is 12.7. The van der Waals surface area contributed by atoms with Gasteiger partial charge in [-0.15, -0.1) is 0 Å². The summed E-state index contributed by atoms with van der Waals surface area (Å²) in [6, 6.07) is 13.8. The number of aryl methyl sites for hydroxylation is 2. The standard InChI is InChI=1S/C22H22BrN3O2/c1-14-2-4-15(5-3-14)21(16-6-7-16)25-20(27)10-11-26-13-24-19-9-8-17(23)12-18(19)22(26)28/h2-5,8-9,12-13,16,21H,6-7,10-11H2,1H3,(H,25,27). The van der Waals surface area contributed by atoms with Crippen LogP contribution in [0.3, 0.4) is 0 Å². The van der Waals surface area contributed by atoms with Gasteiger partial charge in [0.2, 0.25) is 5.91 Å². The average Bonchev–Trinajstić information content (AvgIpc) is 3.52. The highest BCUT2D eigenvalue weighted by Gasteiger charge is 2.33. The number of nitrogens with zero attached hydrogens (tertiary/aromatic N) is 2. The molecule has 1 aliphatic carbocycles. The van der Waals surface area contributed by atoms with Crippen LogP contribution in [0.4, 0.5) is 0 Å². The molecule has 0 radical (unpaired) electrons. The van der Waals surface area contributed by atoms with Crippen LogP contribution in [-0.2, 0) is 11.3 Å². The van der Waals surface area contributed by atoms with Crippen LogP contribution < -0.4 is 10.9 Å². The van der Waals surface area contributed by atoms with Crippen LogP contribution in [0.15, 0.2) is 58.1 Å². The molecule has 3 aromatic rings. The molecule has 0 saturated heterocycles. The third-order valence-electron chi connectivity index (χ3n) is 5.21. The Labute approximate surface area is 171 Å². The molecule has 0 spiro atoms. The quantitative estimate of drug-likeness (QED) is 0.627. The van der Waals surface area contributed by atoms with Gasteiger partial charge in [-0.05, 0) is 49.4 Å². The van der Waals surface area contributed by atoms with Gasteiger partial charge in [-0.3, -0.25) is 14.2 Å². The Morgan fingerprint density at radius 1 is 1.25 bits per heavy atom. The van der Waals surface area contributed by atoms with Gasteiger partial charge in [0, 0.05) is 17.4 Å². The first-order valence-electron chi connectivity index (χ1n) is 9.52. The Kier molecular flexibility index (Phi) is 5.31. The van der Waals surface area contributed by atoms with Crippen LogP contribution in [-0.4, -0.2) is 15.5 Å². The number of hydrogen-bond acceptors (Lipinski definition) is 3. The Morgan fingerprint density at radius 2 is 2.00 bits per heavy atom. The van der Waals surface area contributed by atoms with E-state index in [1.165, 1.54) is 16.5 Å². The fourth-order valence-corrected chi connectivity index (χ4v) is 3.80. The molecule has 1 heterocycles. The predicted octanol–water partition coefficient (Wildman–Crippen LogP) is 4.13. The number of fused-ring (bicyclic) bond motifs is 1. The molecule has 2 aromatic carbocycles. The minimum Gasteiger partial charge on any atom is -0.349 e. The van der Waals surface area contributed by atoms with E-state index in [0.29, 0.717) is 23.4 Å². The number of aromatic nitrogens is 2. The van der Waals surface area contributed by atoms with E-state index < -0.39 is 0 Å². The van der Waals surface area contributed by atoms with Gasteiger partial charge in [0.15, 0.2) is 0 Å². The molecule has 6 heteroatoms. The highest BCUT2D eigenvalue weighted by Crippen LogP contribution is 2.41. The maximum Gasteiger partial charge on any atom is 0.261 e. The lowest BCUT2D eigenvalue weighted by Crippen LogP contribution is -2.31. The van der Waals surface area contributed by atoms with Crippen molar-refractivity contribution in [1.29, 1.82) is 0 Å². The van der Waals surface area contributed by atoms with Gasteiger partial charge in [-0.25, -0.2) is 4.98 Å². The highest BCUT2D eigenvalue weighted by atomic mass is 79.9. The van der Waals surface area contributed by atoms with Gasteiger partial charge in [0.05, 0.1) is 23.3 Å². The third kappa shape index (κ3) is 4.17. The molecule has 0 aliphatic heterocycles. The normalized spacial score (nSPS) is 14.8. The fraction of sp³-hybridized carbons (Fsp3) is 0.318. The maximum absolute atomic E-state index is 12.7. The first-order chi connectivity index (χ1) is 13.5. The van der Waals surface area contributed by atoms with Gasteiger partial charge in [-0.2, -0.15) is 0 Å². The predicted molar refractivity (Wildman–Crippen MR) is 113 cm³/mol. The van der Waals surface area contributed by atoms with Crippen molar-refractivity contribution < 1.29 is 4.79 Å². The molecular formula is C22H22BrN3O2. The Balaban J connectivity index is 1.45. The minimum absolute atomic E-state index is 0.0429. The van der Waals surface area contributed by atoms with Crippen molar-refractivity contribution in [2.75, 3.05) is 0 Å². The summed E-state index contributed by atoms with van der Waals surface area (Å²) in [4.78, 5) is 29.6. The number of amides is 1. The zero-order chi connectivity index (χ0) is 19.7. The van der Waals surface area contributed by atoms with Gasteiger partial charge >= 0.3 is 0 Å². The second kappa shape index (κ2) is 7.87. The molecule has 1 saturated carbocycles. The molecular weight excluding hydrogens is 418 g/mol. The first kappa shape index (κ1) is 18.9. The van der Waals surface area contributed by atoms with Crippen LogP contribution in [0, 0.1) is 12.8 Å². The molecule has 5 nitrogen and oxygen atoms in total. The lowest BCUT2D eigenvalue weighted by molar-refractivity contribution is -0.122. The Bertz CT molecular complexity index is 1070. The van der Waals surface area contributed by atoms with Crippen molar-refractivity contribution in [3.63, 3.8) is 0 Å². The zero-order valence-electron chi connectivity index (χ0n) is 15.7. The lowest BCUT2D eigenvalue weighted by Gasteiger charge is -2.19. The molecule has 144 valence electrons. The molecule has 1 N–H and O–H groups in total. The molecule has 1 fully saturated rings. The average molecular weight is 440 g/mol. The molecule has 1 aliphatic rings. The highest BCUT2D eigenvalue weighted by molar-refractivity contribution is 9.10. The summed E-state index contributed by atoms with van der Waals surface area (Å²) in [6.07, 6.45) is 4.05. The second-order valence-electron chi connectivity index (χ2n) is 7.45. The summed E-state index contributed by atoms with van der Waals surface area (Å²) in [7, 11) is 0. The van der Waals surface area contributed by atoms with Gasteiger partial charge in [0.25, 0.3) is 5.56 Å². The van der Waals surface area contributed by atoms with Crippen LogP contribution >= 0.6 is 15.9 Å². The Hall–Kier alpha value is -2.47. The van der Waals surface area contributed by atoms with E-state index in [-0.39, 0.29) is 23.9 Å². The van der Waals surface area contributed by atoms with Crippen molar-refractivity contribution in [2.24, 2.45) is 5.92 Å². The van der Waals surface area contributed by atoms with E-state index in [4.69, 9.17) is 0 Å². The molecule has 4 rings (SSSR count). The number of halogens is 1. The lowest BCUT2D eigenvalue weighted by atomic mass is 10.0. The van der Waals surface area contributed by atoms with Crippen molar-refractivity contribution in [3.05, 3.63) is 74.7 Å². The van der Waals surface area contributed by atoms with E-state index in [9.17, 15) is 9.59 Å². The number of rotatable bonds is 6. The van der Waals surface area contributed by atoms with Crippen molar-refractivity contribution in [1.82, 2.24) is 14.9 Å². The fourth-order valence-electron chi connectivity index (χ4n) is 3.43. The Morgan fingerprint density at radius 3 is 2.71 bits per heavy atom. The van der Waals surface area contributed by atoms with Crippen LogP contribution in [0.25, 0.3) is 10.9 Å². The molecule has 28 heavy (non-hydrogen) atoms. The van der Waals surface area contributed by atoms with Crippen molar-refractivity contribution >= 4 is 32.7 Å². The van der Waals surface area contributed by atoms with Crippen molar-refractivity contribution in [3.8, 4) is 0 Å². The second-order valence-corrected chi connectivity index (χ2v) is 8.36. The third-order valence-corrected chi connectivity index (χ3v) is 5.71. The van der Waals surface area contributed by atoms with E-state index >= 15 is 0 Å². The number of carbonyl (C=O) groups is 1. The molecule has 1 amide bonds. The molecule has 1 unspecified atom stereocenters. The van der Waals surface area contributed by atoms with Gasteiger partial charge in [0.1, 0.15) is 0 Å². The largest absolute Gasteiger partial charge is 0.349 e. The van der Waals surface area contributed by atoms with Crippen molar-refractivity contribution in [2.45, 2.75) is 38.8 Å². The number of nitrogens with one attached hydrogen (secondary N) is 1. The number of hydrogen-bond donors (Lipinski definition) is 1. The first-order valence-corrected chi connectivity index (χ1v) is 10.3. The topological polar surface area (TPSA) is 64.0 Å². The van der Waals surface area contributed by atoms with Crippen LogP contribution in [0.2, 0.25) is 0 Å². The SMILES string of the molecule is Cc1ccc(C(NC(=O)CCn2cnc3ccc(Br)cc3c2=O)C2CC2)cc1. The summed E-state index contributed by atoms with van der Waals surface area (Å²) in [5.41, 5.74) is 2.88. The van der Waals surface area contributed by atoms with Gasteiger partial charge < -0.3 is 5.32 Å².